The van der Waals surface area contributed by atoms with Crippen LogP contribution in [0.15, 0.2) is 24.3 Å². The van der Waals surface area contributed by atoms with Crippen LogP contribution in [0.3, 0.4) is 0 Å². The summed E-state index contributed by atoms with van der Waals surface area (Å²) in [6.45, 7) is 4.93. The van der Waals surface area contributed by atoms with Crippen LogP contribution in [-0.4, -0.2) is 72.3 Å². The topological polar surface area (TPSA) is 158 Å². The van der Waals surface area contributed by atoms with Crippen LogP contribution in [-0.2, 0) is 23.9 Å². The van der Waals surface area contributed by atoms with Crippen LogP contribution in [0, 0.1) is 18.3 Å². The Balaban J connectivity index is 3.29. The molecule has 0 aliphatic rings. The van der Waals surface area contributed by atoms with Crippen molar-refractivity contribution in [2.75, 3.05) is 26.8 Å². The highest BCUT2D eigenvalue weighted by Crippen LogP contribution is 2.23. The predicted molar refractivity (Wildman–Crippen MR) is 117 cm³/mol. The van der Waals surface area contributed by atoms with Gasteiger partial charge in [0, 0.05) is 0 Å². The lowest BCUT2D eigenvalue weighted by Crippen LogP contribution is -2.54. The average Bonchev–Trinajstić information content (AvgIpc) is 2.74. The SMILES string of the molecule is COC(=O)CNC(=O)C(c1ccc(C)cc1)N(CC#N)C(=O)C(CO)NC(=O)OC(C)(C)C. The lowest BCUT2D eigenvalue weighted by Gasteiger charge is -2.32. The van der Waals surface area contributed by atoms with Crippen molar-refractivity contribution in [3.63, 3.8) is 0 Å². The molecule has 0 bridgehead atoms. The van der Waals surface area contributed by atoms with Crippen LogP contribution in [0.1, 0.15) is 37.9 Å². The van der Waals surface area contributed by atoms with Crippen molar-refractivity contribution in [2.24, 2.45) is 0 Å². The van der Waals surface area contributed by atoms with Crippen LogP contribution in [0.4, 0.5) is 4.79 Å². The van der Waals surface area contributed by atoms with Gasteiger partial charge in [0.2, 0.25) is 11.8 Å². The summed E-state index contributed by atoms with van der Waals surface area (Å²) in [6.07, 6.45) is -0.950. The number of rotatable bonds is 9. The number of amides is 3. The minimum atomic E-state index is -1.48. The molecule has 0 radical (unpaired) electrons. The minimum Gasteiger partial charge on any atom is -0.468 e. The number of carbonyl (C=O) groups excluding carboxylic acids is 4. The molecule has 0 saturated carbocycles. The molecule has 0 aromatic heterocycles. The van der Waals surface area contributed by atoms with Gasteiger partial charge in [0.25, 0.3) is 0 Å². The zero-order valence-electron chi connectivity index (χ0n) is 19.4. The summed E-state index contributed by atoms with van der Waals surface area (Å²) in [5.74, 6) is -2.34. The van der Waals surface area contributed by atoms with Gasteiger partial charge in [0.15, 0.2) is 0 Å². The number of methoxy groups -OCH3 is 1. The number of nitriles is 1. The maximum absolute atomic E-state index is 13.2. The molecule has 33 heavy (non-hydrogen) atoms. The number of aryl methyl sites for hydroxylation is 1. The van der Waals surface area contributed by atoms with Gasteiger partial charge in [-0.15, -0.1) is 0 Å². The Hall–Kier alpha value is -3.65. The third-order valence-corrected chi connectivity index (χ3v) is 4.28. The van der Waals surface area contributed by atoms with Crippen molar-refractivity contribution >= 4 is 23.9 Å². The molecule has 1 aromatic rings. The smallest absolute Gasteiger partial charge is 0.408 e. The lowest BCUT2D eigenvalue weighted by molar-refractivity contribution is -0.144. The number of aliphatic hydroxyl groups excluding tert-OH is 1. The van der Waals surface area contributed by atoms with E-state index in [0.29, 0.717) is 5.56 Å². The van der Waals surface area contributed by atoms with Gasteiger partial charge in [-0.1, -0.05) is 29.8 Å². The highest BCUT2D eigenvalue weighted by molar-refractivity contribution is 5.93. The number of benzene rings is 1. The Bertz CT molecular complexity index is 887. The van der Waals surface area contributed by atoms with Crippen molar-refractivity contribution in [1.82, 2.24) is 15.5 Å². The maximum atomic E-state index is 13.2. The molecular weight excluding hydrogens is 432 g/mol. The molecule has 11 nitrogen and oxygen atoms in total. The first-order valence-corrected chi connectivity index (χ1v) is 10.1. The molecule has 0 spiro atoms. The van der Waals surface area contributed by atoms with Crippen LogP contribution in [0.25, 0.3) is 0 Å². The number of aliphatic hydroxyl groups is 1. The van der Waals surface area contributed by atoms with E-state index < -0.39 is 61.3 Å². The van der Waals surface area contributed by atoms with Crippen LogP contribution >= 0.6 is 0 Å². The second kappa shape index (κ2) is 12.4. The van der Waals surface area contributed by atoms with E-state index in [9.17, 15) is 29.5 Å². The van der Waals surface area contributed by atoms with Gasteiger partial charge in [-0.05, 0) is 33.3 Å². The van der Waals surface area contributed by atoms with Crippen molar-refractivity contribution < 1.29 is 33.8 Å². The van der Waals surface area contributed by atoms with Crippen LogP contribution < -0.4 is 10.6 Å². The molecule has 0 aliphatic carbocycles. The zero-order valence-corrected chi connectivity index (χ0v) is 19.4. The molecular formula is C22H30N4O7. The molecule has 1 rings (SSSR count). The standard InChI is InChI=1S/C22H30N4O7/c1-14-6-8-15(9-7-14)18(19(29)24-12-17(28)32-5)26(11-10-23)20(30)16(13-27)25-21(31)33-22(2,3)4/h6-9,16,18,27H,11-13H2,1-5H3,(H,24,29)(H,25,31). The number of hydrogen-bond donors (Lipinski definition) is 3. The van der Waals surface area contributed by atoms with Gasteiger partial charge < -0.3 is 30.1 Å². The first kappa shape index (κ1) is 27.4. The molecule has 1 aromatic carbocycles. The Morgan fingerprint density at radius 3 is 2.27 bits per heavy atom. The van der Waals surface area contributed by atoms with E-state index in [2.05, 4.69) is 15.4 Å². The molecule has 11 heteroatoms. The number of esters is 1. The lowest BCUT2D eigenvalue weighted by atomic mass is 10.0. The van der Waals surface area contributed by atoms with Crippen molar-refractivity contribution in [2.45, 2.75) is 45.4 Å². The van der Waals surface area contributed by atoms with E-state index in [0.717, 1.165) is 17.6 Å². The maximum Gasteiger partial charge on any atom is 0.408 e. The Kier molecular flexibility index (Phi) is 10.3. The summed E-state index contributed by atoms with van der Waals surface area (Å²) >= 11 is 0. The van der Waals surface area contributed by atoms with Gasteiger partial charge in [0.05, 0.1) is 19.8 Å². The highest BCUT2D eigenvalue weighted by Gasteiger charge is 2.36. The number of alkyl carbamates (subject to hydrolysis) is 1. The van der Waals surface area contributed by atoms with E-state index in [4.69, 9.17) is 4.74 Å². The number of carbonyl (C=O) groups is 4. The predicted octanol–water partition coefficient (Wildman–Crippen LogP) is 0.563. The monoisotopic (exact) mass is 462 g/mol. The summed E-state index contributed by atoms with van der Waals surface area (Å²) in [6, 6.07) is 5.66. The number of nitrogens with zero attached hydrogens (tertiary/aromatic N) is 2. The van der Waals surface area contributed by atoms with Gasteiger partial charge in [-0.2, -0.15) is 5.26 Å². The van der Waals surface area contributed by atoms with Gasteiger partial charge in [-0.25, -0.2) is 4.79 Å². The van der Waals surface area contributed by atoms with Crippen LogP contribution in [0.2, 0.25) is 0 Å². The normalized spacial score (nSPS) is 12.5. The zero-order chi connectivity index (χ0) is 25.2. The average molecular weight is 463 g/mol. The summed E-state index contributed by atoms with van der Waals surface area (Å²) in [5.41, 5.74) is 0.406. The Morgan fingerprint density at radius 1 is 1.18 bits per heavy atom. The molecule has 2 unspecified atom stereocenters. The Labute approximate surface area is 192 Å². The summed E-state index contributed by atoms with van der Waals surface area (Å²) in [7, 11) is 1.16. The molecule has 2 atom stereocenters. The summed E-state index contributed by atoms with van der Waals surface area (Å²) in [5, 5.41) is 23.7. The fraction of sp³-hybridized carbons (Fsp3) is 0.500. The van der Waals surface area contributed by atoms with Gasteiger partial charge in [0.1, 0.15) is 30.8 Å². The first-order valence-electron chi connectivity index (χ1n) is 10.1. The number of hydrogen-bond acceptors (Lipinski definition) is 8. The van der Waals surface area contributed by atoms with E-state index in [1.165, 1.54) is 0 Å². The molecule has 0 aliphatic heterocycles. The Morgan fingerprint density at radius 2 is 1.79 bits per heavy atom. The molecule has 0 saturated heterocycles. The number of nitrogens with one attached hydrogen (secondary N) is 2. The van der Waals surface area contributed by atoms with Crippen LogP contribution in [0.5, 0.6) is 0 Å². The van der Waals surface area contributed by atoms with Crippen molar-refractivity contribution in [3.05, 3.63) is 35.4 Å². The summed E-state index contributed by atoms with van der Waals surface area (Å²) in [4.78, 5) is 50.7. The molecule has 0 fully saturated rings. The van der Waals surface area contributed by atoms with Gasteiger partial charge in [-0.3, -0.25) is 14.4 Å². The third kappa shape index (κ3) is 8.78. The largest absolute Gasteiger partial charge is 0.468 e. The van der Waals surface area contributed by atoms with E-state index >= 15 is 0 Å². The number of ether oxygens (including phenoxy) is 2. The van der Waals surface area contributed by atoms with E-state index in [-0.39, 0.29) is 0 Å². The second-order valence-electron chi connectivity index (χ2n) is 8.11. The van der Waals surface area contributed by atoms with Crippen molar-refractivity contribution in [3.8, 4) is 6.07 Å². The van der Waals surface area contributed by atoms with E-state index in [1.807, 2.05) is 13.0 Å². The molecule has 3 N–H and O–H groups in total. The van der Waals surface area contributed by atoms with Crippen molar-refractivity contribution in [1.29, 1.82) is 5.26 Å². The first-order chi connectivity index (χ1) is 15.4. The molecule has 0 heterocycles. The molecule has 3 amide bonds. The minimum absolute atomic E-state index is 0.362. The van der Waals surface area contributed by atoms with Gasteiger partial charge >= 0.3 is 12.1 Å². The third-order valence-electron chi connectivity index (χ3n) is 4.28. The summed E-state index contributed by atoms with van der Waals surface area (Å²) < 4.78 is 9.63. The fourth-order valence-electron chi connectivity index (χ4n) is 2.76. The van der Waals surface area contributed by atoms with E-state index in [1.54, 1.807) is 45.0 Å². The fourth-order valence-corrected chi connectivity index (χ4v) is 2.76. The quantitative estimate of drug-likeness (QED) is 0.355. The second-order valence-corrected chi connectivity index (χ2v) is 8.11. The highest BCUT2D eigenvalue weighted by atomic mass is 16.6. The molecule has 180 valence electrons.